The summed E-state index contributed by atoms with van der Waals surface area (Å²) in [6.07, 6.45) is 0. The third kappa shape index (κ3) is 2.50. The molecule has 3 aromatic rings. The molecule has 0 fully saturated rings. The van der Waals surface area contributed by atoms with Crippen LogP contribution in [-0.2, 0) is 6.54 Å². The zero-order valence-electron chi connectivity index (χ0n) is 12.3. The number of aromatic nitrogens is 1. The number of rotatable bonds is 2. The van der Waals surface area contributed by atoms with E-state index in [-0.39, 0.29) is 0 Å². The van der Waals surface area contributed by atoms with Gasteiger partial charge in [0.15, 0.2) is 0 Å². The van der Waals surface area contributed by atoms with Gasteiger partial charge in [-0.15, -0.1) is 0 Å². The Hall–Kier alpha value is -2.90. The maximum absolute atomic E-state index is 9.15. The summed E-state index contributed by atoms with van der Waals surface area (Å²) >= 11 is 0. The molecule has 0 radical (unpaired) electrons. The Balaban J connectivity index is 2.20. The van der Waals surface area contributed by atoms with E-state index in [0.29, 0.717) is 17.9 Å². The van der Waals surface area contributed by atoms with Gasteiger partial charge in [0, 0.05) is 11.9 Å². The zero-order chi connectivity index (χ0) is 15.7. The van der Waals surface area contributed by atoms with Crippen molar-refractivity contribution in [2.24, 2.45) is 5.73 Å². The van der Waals surface area contributed by atoms with E-state index in [4.69, 9.17) is 16.7 Å². The highest BCUT2D eigenvalue weighted by atomic mass is 14.8. The SMILES string of the molecule is Cc1cc(N)nc2cc(-c3cc(C#N)cc(CN)c3)ccc12. The van der Waals surface area contributed by atoms with Crippen molar-refractivity contribution in [3.05, 3.63) is 59.2 Å². The number of fused-ring (bicyclic) bond motifs is 1. The molecule has 0 aliphatic rings. The molecule has 4 N–H and O–H groups in total. The van der Waals surface area contributed by atoms with Gasteiger partial charge in [-0.2, -0.15) is 5.26 Å². The molecule has 2 aromatic carbocycles. The van der Waals surface area contributed by atoms with Crippen LogP contribution in [0, 0.1) is 18.3 Å². The van der Waals surface area contributed by atoms with Crippen LogP contribution in [0.4, 0.5) is 5.82 Å². The van der Waals surface area contributed by atoms with Gasteiger partial charge in [0.05, 0.1) is 17.1 Å². The summed E-state index contributed by atoms with van der Waals surface area (Å²) in [6.45, 7) is 2.42. The van der Waals surface area contributed by atoms with Crippen LogP contribution in [0.3, 0.4) is 0 Å². The second kappa shape index (κ2) is 5.47. The second-order valence-electron chi connectivity index (χ2n) is 5.33. The maximum Gasteiger partial charge on any atom is 0.124 e. The number of hydrogen-bond donors (Lipinski definition) is 2. The summed E-state index contributed by atoms with van der Waals surface area (Å²) in [4.78, 5) is 4.40. The van der Waals surface area contributed by atoms with Crippen LogP contribution in [0.1, 0.15) is 16.7 Å². The van der Waals surface area contributed by atoms with Crippen molar-refractivity contribution in [3.63, 3.8) is 0 Å². The number of benzene rings is 2. The smallest absolute Gasteiger partial charge is 0.124 e. The van der Waals surface area contributed by atoms with Gasteiger partial charge in [-0.1, -0.05) is 12.1 Å². The fraction of sp³-hybridized carbons (Fsp3) is 0.111. The van der Waals surface area contributed by atoms with Crippen molar-refractivity contribution in [2.75, 3.05) is 5.73 Å². The molecule has 0 unspecified atom stereocenters. The molecule has 3 rings (SSSR count). The van der Waals surface area contributed by atoms with E-state index in [1.165, 1.54) is 0 Å². The molecule has 0 aliphatic heterocycles. The van der Waals surface area contributed by atoms with Gasteiger partial charge in [-0.3, -0.25) is 0 Å². The quantitative estimate of drug-likeness (QED) is 0.758. The number of nitrogen functional groups attached to an aromatic ring is 1. The summed E-state index contributed by atoms with van der Waals surface area (Å²) in [5.74, 6) is 0.510. The zero-order valence-corrected chi connectivity index (χ0v) is 12.3. The molecule has 0 bridgehead atoms. The molecule has 0 atom stereocenters. The highest BCUT2D eigenvalue weighted by Gasteiger charge is 2.06. The first-order valence-electron chi connectivity index (χ1n) is 7.02. The Kier molecular flexibility index (Phi) is 3.50. The Labute approximate surface area is 129 Å². The standard InChI is InChI=1S/C18H16N4/c1-11-4-18(21)22-17-8-14(2-3-16(11)17)15-6-12(9-19)5-13(7-15)10-20/h2-8H,9,19H2,1H3,(H2,21,22). The number of pyridine rings is 1. The number of nitrogens with two attached hydrogens (primary N) is 2. The Morgan fingerprint density at radius 3 is 2.64 bits per heavy atom. The van der Waals surface area contributed by atoms with Crippen molar-refractivity contribution < 1.29 is 0 Å². The molecule has 4 nitrogen and oxygen atoms in total. The van der Waals surface area contributed by atoms with Crippen LogP contribution in [0.15, 0.2) is 42.5 Å². The predicted octanol–water partition coefficient (Wildman–Crippen LogP) is 3.12. The van der Waals surface area contributed by atoms with Gasteiger partial charge < -0.3 is 11.5 Å². The van der Waals surface area contributed by atoms with Crippen molar-refractivity contribution >= 4 is 16.7 Å². The molecule has 0 spiro atoms. The summed E-state index contributed by atoms with van der Waals surface area (Å²) in [5, 5.41) is 10.2. The molecule has 1 aromatic heterocycles. The minimum Gasteiger partial charge on any atom is -0.384 e. The minimum absolute atomic E-state index is 0.403. The summed E-state index contributed by atoms with van der Waals surface area (Å²) < 4.78 is 0. The molecule has 0 saturated carbocycles. The molecule has 22 heavy (non-hydrogen) atoms. The largest absolute Gasteiger partial charge is 0.384 e. The third-order valence-corrected chi connectivity index (χ3v) is 3.73. The van der Waals surface area contributed by atoms with Gasteiger partial charge in [0.2, 0.25) is 0 Å². The lowest BCUT2D eigenvalue weighted by molar-refractivity contribution is 1.07. The Morgan fingerprint density at radius 1 is 1.09 bits per heavy atom. The van der Waals surface area contributed by atoms with E-state index in [1.54, 1.807) is 0 Å². The Morgan fingerprint density at radius 2 is 1.91 bits per heavy atom. The molecule has 4 heteroatoms. The van der Waals surface area contributed by atoms with Crippen LogP contribution in [0.25, 0.3) is 22.0 Å². The molecule has 108 valence electrons. The minimum atomic E-state index is 0.403. The highest BCUT2D eigenvalue weighted by molar-refractivity contribution is 5.88. The molecular formula is C18H16N4. The molecule has 0 saturated heterocycles. The van der Waals surface area contributed by atoms with Crippen LogP contribution in [0.5, 0.6) is 0 Å². The number of nitrogens with zero attached hydrogens (tertiary/aromatic N) is 2. The fourth-order valence-corrected chi connectivity index (χ4v) is 2.65. The first kappa shape index (κ1) is 14.1. The van der Waals surface area contributed by atoms with Crippen molar-refractivity contribution in [2.45, 2.75) is 13.5 Å². The average Bonchev–Trinajstić information content (AvgIpc) is 2.53. The monoisotopic (exact) mass is 288 g/mol. The first-order valence-corrected chi connectivity index (χ1v) is 7.02. The van der Waals surface area contributed by atoms with E-state index in [9.17, 15) is 0 Å². The molecular weight excluding hydrogens is 272 g/mol. The molecule has 1 heterocycles. The predicted molar refractivity (Wildman–Crippen MR) is 88.9 cm³/mol. The first-order chi connectivity index (χ1) is 10.6. The average molecular weight is 288 g/mol. The van der Waals surface area contributed by atoms with E-state index in [1.807, 2.05) is 49.4 Å². The lowest BCUT2D eigenvalue weighted by Gasteiger charge is -2.08. The van der Waals surface area contributed by atoms with E-state index in [2.05, 4.69) is 11.1 Å². The van der Waals surface area contributed by atoms with Crippen LogP contribution >= 0.6 is 0 Å². The van der Waals surface area contributed by atoms with Gasteiger partial charge in [0.1, 0.15) is 5.82 Å². The normalized spacial score (nSPS) is 10.6. The third-order valence-electron chi connectivity index (χ3n) is 3.73. The lowest BCUT2D eigenvalue weighted by Crippen LogP contribution is -1.97. The highest BCUT2D eigenvalue weighted by Crippen LogP contribution is 2.27. The summed E-state index contributed by atoms with van der Waals surface area (Å²) in [7, 11) is 0. The van der Waals surface area contributed by atoms with E-state index >= 15 is 0 Å². The van der Waals surface area contributed by atoms with Crippen molar-refractivity contribution in [1.29, 1.82) is 5.26 Å². The summed E-state index contributed by atoms with van der Waals surface area (Å²) in [5.41, 5.74) is 17.0. The van der Waals surface area contributed by atoms with Crippen LogP contribution < -0.4 is 11.5 Å². The fourth-order valence-electron chi connectivity index (χ4n) is 2.65. The van der Waals surface area contributed by atoms with Crippen molar-refractivity contribution in [3.8, 4) is 17.2 Å². The van der Waals surface area contributed by atoms with Gasteiger partial charge >= 0.3 is 0 Å². The summed E-state index contributed by atoms with van der Waals surface area (Å²) in [6, 6.07) is 15.8. The number of aryl methyl sites for hydroxylation is 1. The topological polar surface area (TPSA) is 88.7 Å². The van der Waals surface area contributed by atoms with E-state index < -0.39 is 0 Å². The number of anilines is 1. The number of nitriles is 1. The lowest BCUT2D eigenvalue weighted by atomic mass is 9.98. The second-order valence-corrected chi connectivity index (χ2v) is 5.33. The van der Waals surface area contributed by atoms with Gasteiger partial charge in [0.25, 0.3) is 0 Å². The Bertz CT molecular complexity index is 907. The molecule has 0 amide bonds. The maximum atomic E-state index is 9.15. The van der Waals surface area contributed by atoms with Gasteiger partial charge in [-0.25, -0.2) is 4.98 Å². The number of hydrogen-bond acceptors (Lipinski definition) is 4. The molecule has 0 aliphatic carbocycles. The van der Waals surface area contributed by atoms with E-state index in [0.717, 1.165) is 33.2 Å². The van der Waals surface area contributed by atoms with Crippen LogP contribution in [0.2, 0.25) is 0 Å². The van der Waals surface area contributed by atoms with Gasteiger partial charge in [-0.05, 0) is 59.5 Å². The van der Waals surface area contributed by atoms with Crippen molar-refractivity contribution in [1.82, 2.24) is 4.98 Å². The van der Waals surface area contributed by atoms with Crippen LogP contribution in [-0.4, -0.2) is 4.98 Å².